The first-order valence-electron chi connectivity index (χ1n) is 1.50. The van der Waals surface area contributed by atoms with Gasteiger partial charge in [-0.1, -0.05) is 10.2 Å². The van der Waals surface area contributed by atoms with E-state index in [1.165, 1.54) is 0 Å². The van der Waals surface area contributed by atoms with Gasteiger partial charge in [-0.2, -0.15) is 5.21 Å². The molecule has 0 saturated heterocycles. The molecule has 3 radical (unpaired) electrons. The van der Waals surface area contributed by atoms with Gasteiger partial charge in [-0.25, -0.2) is 0 Å². The number of aromatic nitrogens is 4. The summed E-state index contributed by atoms with van der Waals surface area (Å²) >= 11 is 0. The molecule has 0 saturated carbocycles. The Kier molecular flexibility index (Phi) is 1.03. The van der Waals surface area contributed by atoms with E-state index in [2.05, 4.69) is 35.5 Å². The van der Waals surface area contributed by atoms with Gasteiger partial charge in [0.25, 0.3) is 0 Å². The van der Waals surface area contributed by atoms with E-state index in [-0.39, 0.29) is 6.01 Å². The summed E-state index contributed by atoms with van der Waals surface area (Å²) in [6.45, 7) is 0. The number of H-pyrrole nitrogens is 1. The SMILES string of the molecule is [Si]Oc1nn[nH]n1. The standard InChI is InChI=1S/CHN4OSi/c7-6-1-2-4-5-3-1/h(H,2,3,4,5). The highest BCUT2D eigenvalue weighted by atomic mass is 28.2. The molecule has 35 valence electrons. The molecule has 7 heavy (non-hydrogen) atoms. The Labute approximate surface area is 42.6 Å². The molecule has 0 aromatic carbocycles. The van der Waals surface area contributed by atoms with Gasteiger partial charge in [-0.15, -0.1) is 0 Å². The van der Waals surface area contributed by atoms with Gasteiger partial charge in [0.2, 0.25) is 0 Å². The molecule has 5 nitrogen and oxygen atoms in total. The number of aromatic amines is 1. The minimum atomic E-state index is 0.177. The van der Waals surface area contributed by atoms with Crippen LogP contribution in [0, 0.1) is 0 Å². The highest BCUT2D eigenvalue weighted by molar-refractivity contribution is 5.99. The first kappa shape index (κ1) is 4.25. The molecule has 0 atom stereocenters. The molecule has 1 heterocycles. The van der Waals surface area contributed by atoms with Gasteiger partial charge >= 0.3 is 16.5 Å². The van der Waals surface area contributed by atoms with Crippen LogP contribution in [0.1, 0.15) is 0 Å². The molecule has 1 N–H and O–H groups in total. The zero-order chi connectivity index (χ0) is 5.11. The fourth-order valence-electron chi connectivity index (χ4n) is 0.196. The first-order chi connectivity index (χ1) is 3.43. The Morgan fingerprint density at radius 3 is 2.86 bits per heavy atom. The van der Waals surface area contributed by atoms with Crippen molar-refractivity contribution in [3.63, 3.8) is 0 Å². The summed E-state index contributed by atoms with van der Waals surface area (Å²) < 4.78 is 4.34. The molecule has 0 spiro atoms. The molecule has 0 bridgehead atoms. The van der Waals surface area contributed by atoms with Crippen LogP contribution in [0.2, 0.25) is 0 Å². The summed E-state index contributed by atoms with van der Waals surface area (Å²) in [5, 5.41) is 12.2. The second kappa shape index (κ2) is 1.69. The van der Waals surface area contributed by atoms with Gasteiger partial charge in [0.1, 0.15) is 0 Å². The number of nitrogens with zero attached hydrogens (tertiary/aromatic N) is 3. The van der Waals surface area contributed by atoms with Crippen molar-refractivity contribution in [2.45, 2.75) is 0 Å². The van der Waals surface area contributed by atoms with Crippen molar-refractivity contribution < 1.29 is 4.43 Å². The van der Waals surface area contributed by atoms with Crippen LogP contribution < -0.4 is 4.43 Å². The quantitative estimate of drug-likeness (QED) is 0.458. The van der Waals surface area contributed by atoms with E-state index in [9.17, 15) is 0 Å². The number of nitrogens with one attached hydrogen (secondary N) is 1. The third-order valence-corrected chi connectivity index (χ3v) is 0.600. The fraction of sp³-hybridized carbons (Fsp3) is 0. The lowest BCUT2D eigenvalue weighted by Gasteiger charge is -1.80. The second-order valence-corrected chi connectivity index (χ2v) is 1.00. The molecule has 6 heteroatoms. The molecule has 0 fully saturated rings. The van der Waals surface area contributed by atoms with Crippen molar-refractivity contribution in [3.05, 3.63) is 0 Å². The maximum Gasteiger partial charge on any atom is 0.345 e. The van der Waals surface area contributed by atoms with Crippen LogP contribution in [0.15, 0.2) is 0 Å². The predicted molar refractivity (Wildman–Crippen MR) is 20.6 cm³/mol. The van der Waals surface area contributed by atoms with Gasteiger partial charge in [0.05, 0.1) is 0 Å². The Bertz CT molecular complexity index is 126. The van der Waals surface area contributed by atoms with Crippen molar-refractivity contribution in [2.75, 3.05) is 0 Å². The Morgan fingerprint density at radius 2 is 2.57 bits per heavy atom. The van der Waals surface area contributed by atoms with Crippen LogP contribution in [0.5, 0.6) is 6.01 Å². The van der Waals surface area contributed by atoms with Crippen LogP contribution in [-0.2, 0) is 0 Å². The van der Waals surface area contributed by atoms with Crippen LogP contribution >= 0.6 is 0 Å². The van der Waals surface area contributed by atoms with Crippen molar-refractivity contribution in [1.82, 2.24) is 20.6 Å². The maximum absolute atomic E-state index is 4.34. The normalized spacial score (nSPS) is 8.71. The van der Waals surface area contributed by atoms with E-state index in [0.717, 1.165) is 0 Å². The highest BCUT2D eigenvalue weighted by Gasteiger charge is 1.88. The molecular weight excluding hydrogens is 112 g/mol. The van der Waals surface area contributed by atoms with E-state index in [0.29, 0.717) is 0 Å². The summed E-state index contributed by atoms with van der Waals surface area (Å²) in [4.78, 5) is 0. The van der Waals surface area contributed by atoms with E-state index >= 15 is 0 Å². The zero-order valence-corrected chi connectivity index (χ0v) is 4.25. The predicted octanol–water partition coefficient (Wildman–Crippen LogP) is -1.34. The van der Waals surface area contributed by atoms with Crippen molar-refractivity contribution in [1.29, 1.82) is 0 Å². The lowest BCUT2D eigenvalue weighted by molar-refractivity contribution is 0.560. The van der Waals surface area contributed by atoms with Gasteiger partial charge in [-0.3, -0.25) is 0 Å². The fourth-order valence-corrected chi connectivity index (χ4v) is 0.282. The lowest BCUT2D eigenvalue weighted by atomic mass is 11.3. The highest BCUT2D eigenvalue weighted by Crippen LogP contribution is 1.87. The summed E-state index contributed by atoms with van der Waals surface area (Å²) in [6, 6.07) is 0.177. The lowest BCUT2D eigenvalue weighted by Crippen LogP contribution is -1.85. The molecule has 0 amide bonds. The second-order valence-electron chi connectivity index (χ2n) is 0.796. The molecule has 0 aliphatic heterocycles. The smallest absolute Gasteiger partial charge is 0.345 e. The van der Waals surface area contributed by atoms with Gasteiger partial charge in [-0.05, 0) is 5.21 Å². The van der Waals surface area contributed by atoms with Gasteiger partial charge in [0, 0.05) is 0 Å². The Balaban J connectivity index is 2.76. The third kappa shape index (κ3) is 0.741. The van der Waals surface area contributed by atoms with Gasteiger partial charge in [0.15, 0.2) is 0 Å². The minimum Gasteiger partial charge on any atom is -0.512 e. The molecule has 1 aromatic heterocycles. The Hall–Kier alpha value is -0.913. The monoisotopic (exact) mass is 113 g/mol. The van der Waals surface area contributed by atoms with E-state index in [4.69, 9.17) is 0 Å². The number of rotatable bonds is 1. The van der Waals surface area contributed by atoms with Crippen molar-refractivity contribution in [2.24, 2.45) is 0 Å². The topological polar surface area (TPSA) is 63.7 Å². The molecule has 1 rings (SSSR count). The number of tetrazole rings is 1. The molecule has 1 aromatic rings. The zero-order valence-electron chi connectivity index (χ0n) is 3.25. The van der Waals surface area contributed by atoms with Crippen LogP contribution in [0.25, 0.3) is 0 Å². The Morgan fingerprint density at radius 1 is 1.71 bits per heavy atom. The molecule has 0 aliphatic rings. The first-order valence-corrected chi connectivity index (χ1v) is 1.91. The summed E-state index contributed by atoms with van der Waals surface area (Å²) in [5.41, 5.74) is 0. The maximum atomic E-state index is 4.34. The van der Waals surface area contributed by atoms with Crippen LogP contribution in [-0.4, -0.2) is 31.1 Å². The van der Waals surface area contributed by atoms with E-state index in [1.807, 2.05) is 0 Å². The largest absolute Gasteiger partial charge is 0.512 e. The van der Waals surface area contributed by atoms with Gasteiger partial charge < -0.3 is 4.43 Å². The minimum absolute atomic E-state index is 0.177. The van der Waals surface area contributed by atoms with Crippen molar-refractivity contribution in [3.8, 4) is 6.01 Å². The average molecular weight is 113 g/mol. The van der Waals surface area contributed by atoms with Crippen LogP contribution in [0.4, 0.5) is 0 Å². The average Bonchev–Trinajstić information content (AvgIpc) is 2.14. The molecule has 0 unspecified atom stereocenters. The molecule has 0 aliphatic carbocycles. The number of hydrogen-bond acceptors (Lipinski definition) is 4. The third-order valence-electron chi connectivity index (χ3n) is 0.417. The molecular formula is CHN4OSi. The summed E-state index contributed by atoms with van der Waals surface area (Å²) in [5.74, 6) is 0. The van der Waals surface area contributed by atoms with Crippen LogP contribution in [0.3, 0.4) is 0 Å². The summed E-state index contributed by atoms with van der Waals surface area (Å²) in [6.07, 6.45) is 0. The van der Waals surface area contributed by atoms with E-state index in [1.54, 1.807) is 0 Å². The van der Waals surface area contributed by atoms with Crippen molar-refractivity contribution >= 4 is 10.5 Å². The summed E-state index contributed by atoms with van der Waals surface area (Å²) in [7, 11) is 2.70. The van der Waals surface area contributed by atoms with E-state index < -0.39 is 0 Å². The number of hydrogen-bond donors (Lipinski definition) is 1.